The van der Waals surface area contributed by atoms with Gasteiger partial charge in [0.05, 0.1) is 0 Å². The summed E-state index contributed by atoms with van der Waals surface area (Å²) in [6, 6.07) is 0. The average Bonchev–Trinajstić information content (AvgIpc) is 0. The van der Waals surface area contributed by atoms with Gasteiger partial charge in [-0.25, -0.2) is 0 Å². The summed E-state index contributed by atoms with van der Waals surface area (Å²) in [5, 5.41) is 0. The quantitative estimate of drug-likeness (QED) is 0.278. The van der Waals surface area contributed by atoms with Crippen molar-refractivity contribution in [3.63, 3.8) is 0 Å². The zero-order chi connectivity index (χ0) is 0. The van der Waals surface area contributed by atoms with Gasteiger partial charge in [-0.05, 0) is 0 Å². The Morgan fingerprint density at radius 2 is 1.00 bits per heavy atom. The van der Waals surface area contributed by atoms with Gasteiger partial charge < -0.3 is 26.2 Å². The van der Waals surface area contributed by atoms with Crippen molar-refractivity contribution in [3.05, 3.63) is 0 Å². The fourth-order valence-electron chi connectivity index (χ4n) is 0. The third-order valence-electron chi connectivity index (χ3n) is 0. The van der Waals surface area contributed by atoms with Gasteiger partial charge in [0.25, 0.3) is 0 Å². The van der Waals surface area contributed by atoms with E-state index in [4.69, 9.17) is 0 Å². The fourth-order valence-corrected chi connectivity index (χ4v) is 0. The first-order valence-electron chi connectivity index (χ1n) is 0. The molecule has 0 fully saturated rings. The molecule has 0 aliphatic carbocycles. The summed E-state index contributed by atoms with van der Waals surface area (Å²) in [6.07, 6.45) is 0. The zero-order valence-electron chi connectivity index (χ0n) is 3.46. The van der Waals surface area contributed by atoms with E-state index in [0.29, 0.717) is 0 Å². The molecule has 0 atom stereocenters. The molecule has 4 heteroatoms. The number of halogens is 2. The van der Waals surface area contributed by atoms with Crippen LogP contribution < -0.4 is 54.4 Å². The smallest absolute Gasteiger partial charge is 1.00 e. The molecule has 0 heterocycles. The minimum absolute atomic E-state index is 0. The van der Waals surface area contributed by atoms with Crippen LogP contribution in [0.5, 0.6) is 0 Å². The van der Waals surface area contributed by atoms with Crippen molar-refractivity contribution in [2.75, 3.05) is 0 Å². The number of hydrogen-bond acceptors (Lipinski definition) is 0. The van der Waals surface area contributed by atoms with E-state index in [2.05, 4.69) is 0 Å². The largest absolute Gasteiger partial charge is 2.00 e. The van der Waals surface area contributed by atoms with Crippen LogP contribution in [0.2, 0.25) is 0 Å². The Labute approximate surface area is 77.8 Å². The summed E-state index contributed by atoms with van der Waals surface area (Å²) >= 11 is 0. The van der Waals surface area contributed by atoms with Gasteiger partial charge in [-0.15, -0.1) is 0 Å². The molecule has 0 amide bonds. The summed E-state index contributed by atoms with van der Waals surface area (Å²) in [5.41, 5.74) is 0. The van der Waals surface area contributed by atoms with Crippen molar-refractivity contribution >= 4 is 23.1 Å². The Morgan fingerprint density at radius 1 is 1.00 bits per heavy atom. The summed E-state index contributed by atoms with van der Waals surface area (Å²) < 4.78 is 0. The fraction of sp³-hybridized carbons (Fsp3) is 0. The molecule has 18 valence electrons. The Hall–Kier alpha value is 2.35. The second-order valence-electron chi connectivity index (χ2n) is 0. The minimum Gasteiger partial charge on any atom is -1.00 e. The first-order valence-corrected chi connectivity index (χ1v) is 0. The Morgan fingerprint density at radius 3 is 1.00 bits per heavy atom. The molecule has 4 heavy (non-hydrogen) atoms. The maximum absolute atomic E-state index is 0. The van der Waals surface area contributed by atoms with Crippen LogP contribution in [-0.4, -0.2) is 23.1 Å². The van der Waals surface area contributed by atoms with Crippen molar-refractivity contribution < 1.29 is 55.8 Å². The second-order valence-corrected chi connectivity index (χ2v) is 0. The van der Waals surface area contributed by atoms with Crippen molar-refractivity contribution in [2.45, 2.75) is 0 Å². The van der Waals surface area contributed by atoms with E-state index in [1.807, 2.05) is 0 Å². The normalized spacial score (nSPS) is 0. The Bertz CT molecular complexity index is 9.61. The van der Waals surface area contributed by atoms with Crippen LogP contribution in [0.1, 0.15) is 1.43 Å². The maximum atomic E-state index is 0. The molecule has 0 N–H and O–H groups in total. The van der Waals surface area contributed by atoms with Gasteiger partial charge >= 0.3 is 52.6 Å². The zero-order valence-corrected chi connectivity index (χ0v) is 7.39. The van der Waals surface area contributed by atoms with Crippen LogP contribution in [0.15, 0.2) is 0 Å². The molecule has 0 saturated carbocycles. The van der Waals surface area contributed by atoms with Crippen molar-refractivity contribution in [1.29, 1.82) is 0 Å². The molecule has 0 aromatic rings. The Balaban J connectivity index is 0. The average molecular weight is 119 g/mol. The standard InChI is InChI=1S/2ClH.Mg.Na.H/h2*1H;;;/q;;+2;+1;-1/p-2. The SMILES string of the molecule is [Cl-].[Cl-].[H-].[Mg+2].[Na+]. The molecular formula is HCl2MgNa. The third-order valence-corrected chi connectivity index (χ3v) is 0. The van der Waals surface area contributed by atoms with Gasteiger partial charge in [-0.1, -0.05) is 0 Å². The van der Waals surface area contributed by atoms with Crippen molar-refractivity contribution in [3.8, 4) is 0 Å². The topological polar surface area (TPSA) is 0 Å². The molecule has 0 rings (SSSR count). The van der Waals surface area contributed by atoms with Crippen molar-refractivity contribution in [2.24, 2.45) is 0 Å². The first kappa shape index (κ1) is 33.0. The second kappa shape index (κ2) is 18.3. The molecule has 0 unspecified atom stereocenters. The molecule has 0 aromatic heterocycles. The molecule has 0 aliphatic rings. The third kappa shape index (κ3) is 8.84. The van der Waals surface area contributed by atoms with E-state index < -0.39 is 0 Å². The van der Waals surface area contributed by atoms with Gasteiger partial charge in [0.15, 0.2) is 0 Å². The molecule has 0 nitrogen and oxygen atoms in total. The molecule has 0 aliphatic heterocycles. The predicted octanol–water partition coefficient (Wildman–Crippen LogP) is -9.26. The van der Waals surface area contributed by atoms with Gasteiger partial charge in [-0.2, -0.15) is 0 Å². The van der Waals surface area contributed by atoms with E-state index >= 15 is 0 Å². The van der Waals surface area contributed by atoms with Gasteiger partial charge in [0.2, 0.25) is 0 Å². The monoisotopic (exact) mass is 118 g/mol. The van der Waals surface area contributed by atoms with Crippen LogP contribution in [0, 0.1) is 0 Å². The number of hydrogen-bond donors (Lipinski definition) is 0. The predicted molar refractivity (Wildman–Crippen MR) is 6.87 cm³/mol. The van der Waals surface area contributed by atoms with Gasteiger partial charge in [0.1, 0.15) is 0 Å². The Kier molecular flexibility index (Phi) is 151. The maximum Gasteiger partial charge on any atom is 2.00 e. The van der Waals surface area contributed by atoms with Crippen molar-refractivity contribution in [1.82, 2.24) is 0 Å². The summed E-state index contributed by atoms with van der Waals surface area (Å²) in [7, 11) is 0. The van der Waals surface area contributed by atoms with Crippen LogP contribution in [-0.2, 0) is 0 Å². The van der Waals surface area contributed by atoms with E-state index in [9.17, 15) is 0 Å². The molecular weight excluding hydrogens is 118 g/mol. The molecule has 0 spiro atoms. The summed E-state index contributed by atoms with van der Waals surface area (Å²) in [6.45, 7) is 0. The molecule has 0 bridgehead atoms. The van der Waals surface area contributed by atoms with Crippen LogP contribution in [0.25, 0.3) is 0 Å². The van der Waals surface area contributed by atoms with E-state index in [1.54, 1.807) is 0 Å². The van der Waals surface area contributed by atoms with Crippen LogP contribution in [0.3, 0.4) is 0 Å². The number of rotatable bonds is 0. The summed E-state index contributed by atoms with van der Waals surface area (Å²) in [4.78, 5) is 0. The molecule has 0 aromatic carbocycles. The van der Waals surface area contributed by atoms with E-state index in [0.717, 1.165) is 0 Å². The van der Waals surface area contributed by atoms with E-state index in [1.165, 1.54) is 0 Å². The minimum atomic E-state index is 0. The van der Waals surface area contributed by atoms with Crippen LogP contribution in [0.4, 0.5) is 0 Å². The van der Waals surface area contributed by atoms with E-state index in [-0.39, 0.29) is 78.9 Å². The van der Waals surface area contributed by atoms with Crippen LogP contribution >= 0.6 is 0 Å². The molecule has 0 saturated heterocycles. The molecule has 0 radical (unpaired) electrons. The first-order chi connectivity index (χ1) is 0. The summed E-state index contributed by atoms with van der Waals surface area (Å²) in [5.74, 6) is 0. The van der Waals surface area contributed by atoms with Gasteiger partial charge in [0, 0.05) is 0 Å². The van der Waals surface area contributed by atoms with Gasteiger partial charge in [-0.3, -0.25) is 0 Å².